The van der Waals surface area contributed by atoms with E-state index in [9.17, 15) is 15.3 Å². The first-order valence-electron chi connectivity index (χ1n) is 14.0. The fourth-order valence-electron chi connectivity index (χ4n) is 11.3. The molecule has 0 amide bonds. The van der Waals surface area contributed by atoms with Crippen LogP contribution in [0.2, 0.25) is 0 Å². The van der Waals surface area contributed by atoms with Gasteiger partial charge >= 0.3 is 0 Å². The van der Waals surface area contributed by atoms with Crippen LogP contribution in [0.3, 0.4) is 0 Å². The Balaban J connectivity index is 1.41. The molecule has 5 aliphatic rings. The molecule has 0 aromatic heterocycles. The van der Waals surface area contributed by atoms with E-state index >= 15 is 0 Å². The second-order valence-corrected chi connectivity index (χ2v) is 14.4. The number of fused-ring (bicyclic) bond motifs is 2. The maximum absolute atomic E-state index is 10.9. The fourth-order valence-corrected chi connectivity index (χ4v) is 11.3. The zero-order chi connectivity index (χ0) is 24.0. The SMILES string of the molecule is CC(C)=CC(O)CC(C)C1CCC2(C)C3CCC4C(C)(CO)C(O)CCC45CC35CCC12C. The Hall–Kier alpha value is -0.380. The van der Waals surface area contributed by atoms with E-state index in [4.69, 9.17) is 0 Å². The van der Waals surface area contributed by atoms with Gasteiger partial charge in [0.15, 0.2) is 0 Å². The van der Waals surface area contributed by atoms with Crippen LogP contribution in [0, 0.1) is 50.7 Å². The largest absolute Gasteiger partial charge is 0.396 e. The minimum Gasteiger partial charge on any atom is -0.396 e. The van der Waals surface area contributed by atoms with E-state index in [1.165, 1.54) is 56.9 Å². The van der Waals surface area contributed by atoms with Crippen LogP contribution in [0.15, 0.2) is 11.6 Å². The molecule has 0 bridgehead atoms. The molecule has 0 heterocycles. The third-order valence-electron chi connectivity index (χ3n) is 13.1. The van der Waals surface area contributed by atoms with Crippen LogP contribution in [0.4, 0.5) is 0 Å². The van der Waals surface area contributed by atoms with Gasteiger partial charge in [-0.3, -0.25) is 0 Å². The van der Waals surface area contributed by atoms with Gasteiger partial charge in [-0.2, -0.15) is 0 Å². The first kappa shape index (κ1) is 24.3. The molecule has 3 heteroatoms. The molecular formula is C30H50O3. The molecule has 0 saturated heterocycles. The van der Waals surface area contributed by atoms with Gasteiger partial charge in [-0.15, -0.1) is 0 Å². The van der Waals surface area contributed by atoms with E-state index < -0.39 is 0 Å². The van der Waals surface area contributed by atoms with Gasteiger partial charge in [0.2, 0.25) is 0 Å². The Morgan fingerprint density at radius 3 is 2.24 bits per heavy atom. The Bertz CT molecular complexity index is 817. The highest BCUT2D eigenvalue weighted by atomic mass is 16.3. The van der Waals surface area contributed by atoms with Gasteiger partial charge in [0, 0.05) is 5.41 Å². The summed E-state index contributed by atoms with van der Waals surface area (Å²) in [6.45, 7) is 14.1. The molecule has 5 aliphatic carbocycles. The van der Waals surface area contributed by atoms with Gasteiger partial charge in [-0.25, -0.2) is 0 Å². The maximum Gasteiger partial charge on any atom is 0.0726 e. The molecule has 5 fully saturated rings. The molecule has 0 aliphatic heterocycles. The Kier molecular flexibility index (Phi) is 5.57. The molecule has 11 atom stereocenters. The summed E-state index contributed by atoms with van der Waals surface area (Å²) >= 11 is 0. The summed E-state index contributed by atoms with van der Waals surface area (Å²) in [4.78, 5) is 0. The van der Waals surface area contributed by atoms with E-state index in [1.807, 2.05) is 6.08 Å². The van der Waals surface area contributed by atoms with Crippen LogP contribution in [-0.2, 0) is 0 Å². The van der Waals surface area contributed by atoms with Crippen LogP contribution >= 0.6 is 0 Å². The monoisotopic (exact) mass is 458 g/mol. The highest BCUT2D eigenvalue weighted by Crippen LogP contribution is 2.89. The van der Waals surface area contributed by atoms with E-state index in [0.717, 1.165) is 18.8 Å². The molecule has 3 N–H and O–H groups in total. The average molecular weight is 459 g/mol. The quantitative estimate of drug-likeness (QED) is 0.435. The minimum absolute atomic E-state index is 0.129. The summed E-state index contributed by atoms with van der Waals surface area (Å²) in [5.74, 6) is 2.52. The van der Waals surface area contributed by atoms with Crippen molar-refractivity contribution in [3.63, 3.8) is 0 Å². The van der Waals surface area contributed by atoms with E-state index in [1.54, 1.807) is 0 Å². The minimum atomic E-state index is -0.347. The molecule has 3 nitrogen and oxygen atoms in total. The molecule has 0 aromatic rings. The Morgan fingerprint density at radius 1 is 0.909 bits per heavy atom. The maximum atomic E-state index is 10.9. The average Bonchev–Trinajstić information content (AvgIpc) is 3.32. The van der Waals surface area contributed by atoms with Gasteiger partial charge in [-0.1, -0.05) is 39.3 Å². The lowest BCUT2D eigenvalue weighted by molar-refractivity contribution is -0.174. The Morgan fingerprint density at radius 2 is 1.58 bits per heavy atom. The number of aliphatic hydroxyl groups is 3. The normalized spacial score (nSPS) is 54.3. The molecule has 33 heavy (non-hydrogen) atoms. The highest BCUT2D eigenvalue weighted by Gasteiger charge is 2.82. The predicted molar refractivity (Wildman–Crippen MR) is 134 cm³/mol. The van der Waals surface area contributed by atoms with E-state index in [0.29, 0.717) is 39.4 Å². The lowest BCUT2D eigenvalue weighted by atomic mass is 9.41. The summed E-state index contributed by atoms with van der Waals surface area (Å²) in [6, 6.07) is 0. The van der Waals surface area contributed by atoms with Crippen molar-refractivity contribution in [2.45, 2.75) is 118 Å². The molecule has 0 radical (unpaired) electrons. The zero-order valence-electron chi connectivity index (χ0n) is 22.2. The molecule has 5 saturated carbocycles. The van der Waals surface area contributed by atoms with Crippen LogP contribution in [0.25, 0.3) is 0 Å². The third kappa shape index (κ3) is 2.97. The lowest BCUT2D eigenvalue weighted by Crippen LogP contribution is -2.59. The zero-order valence-corrected chi connectivity index (χ0v) is 22.2. The van der Waals surface area contributed by atoms with Crippen LogP contribution in [0.1, 0.15) is 106 Å². The number of hydrogen-bond donors (Lipinski definition) is 3. The molecular weight excluding hydrogens is 408 g/mol. The van der Waals surface area contributed by atoms with Gasteiger partial charge in [0.25, 0.3) is 0 Å². The smallest absolute Gasteiger partial charge is 0.0726 e. The highest BCUT2D eigenvalue weighted by molar-refractivity contribution is 5.30. The third-order valence-corrected chi connectivity index (χ3v) is 13.1. The number of rotatable bonds is 5. The standard InChI is InChI=1S/C30H50O3/c1-19(2)15-21(32)16-20(3)22-9-11-28(6)24-8-7-23-26(4,18-31)25(33)10-12-29(23)17-30(24,29)14-13-27(22,28)5/h15,20-25,31-33H,7-14,16-18H2,1-6H3. The first-order valence-corrected chi connectivity index (χ1v) is 14.0. The van der Waals surface area contributed by atoms with Crippen molar-refractivity contribution in [2.24, 2.45) is 50.7 Å². The number of allylic oxidation sites excluding steroid dienone is 1. The van der Waals surface area contributed by atoms with Crippen molar-refractivity contribution in [2.75, 3.05) is 6.61 Å². The van der Waals surface area contributed by atoms with E-state index in [2.05, 4.69) is 41.5 Å². The first-order chi connectivity index (χ1) is 15.4. The summed E-state index contributed by atoms with van der Waals surface area (Å²) in [7, 11) is 0. The van der Waals surface area contributed by atoms with Gasteiger partial charge in [-0.05, 0) is 123 Å². The topological polar surface area (TPSA) is 60.7 Å². The van der Waals surface area contributed by atoms with Crippen molar-refractivity contribution < 1.29 is 15.3 Å². The number of hydrogen-bond acceptors (Lipinski definition) is 3. The van der Waals surface area contributed by atoms with E-state index in [-0.39, 0.29) is 24.2 Å². The molecule has 0 aromatic carbocycles. The van der Waals surface area contributed by atoms with Crippen LogP contribution in [-0.4, -0.2) is 34.1 Å². The van der Waals surface area contributed by atoms with Gasteiger partial charge in [0.1, 0.15) is 0 Å². The predicted octanol–water partition coefficient (Wildman–Crippen LogP) is 6.11. The van der Waals surface area contributed by atoms with Gasteiger partial charge < -0.3 is 15.3 Å². The lowest BCUT2D eigenvalue weighted by Gasteiger charge is -2.63. The van der Waals surface area contributed by atoms with Crippen LogP contribution in [0.5, 0.6) is 0 Å². The van der Waals surface area contributed by atoms with Crippen molar-refractivity contribution in [3.8, 4) is 0 Å². The summed E-state index contributed by atoms with van der Waals surface area (Å²) in [6.07, 6.45) is 13.4. The molecule has 2 spiro atoms. The van der Waals surface area contributed by atoms with Crippen LogP contribution < -0.4 is 0 Å². The second kappa shape index (κ2) is 7.56. The summed E-state index contributed by atoms with van der Waals surface area (Å²) in [5, 5.41) is 31.9. The van der Waals surface area contributed by atoms with Crippen molar-refractivity contribution in [1.29, 1.82) is 0 Å². The second-order valence-electron chi connectivity index (χ2n) is 14.4. The van der Waals surface area contributed by atoms with Gasteiger partial charge in [0.05, 0.1) is 18.8 Å². The summed E-state index contributed by atoms with van der Waals surface area (Å²) < 4.78 is 0. The van der Waals surface area contributed by atoms with Crippen molar-refractivity contribution in [1.82, 2.24) is 0 Å². The fraction of sp³-hybridized carbons (Fsp3) is 0.933. The van der Waals surface area contributed by atoms with Crippen molar-refractivity contribution in [3.05, 3.63) is 11.6 Å². The molecule has 11 unspecified atom stereocenters. The summed E-state index contributed by atoms with van der Waals surface area (Å²) in [5.41, 5.74) is 2.47. The Labute approximate surface area is 202 Å². The molecule has 188 valence electrons. The number of aliphatic hydroxyl groups excluding tert-OH is 3. The van der Waals surface area contributed by atoms with Crippen molar-refractivity contribution >= 4 is 0 Å². The molecule has 5 rings (SSSR count).